The molecule has 0 aliphatic heterocycles. The van der Waals surface area contributed by atoms with Crippen molar-refractivity contribution in [3.05, 3.63) is 28.3 Å². The van der Waals surface area contributed by atoms with Crippen LogP contribution in [-0.2, 0) is 17.6 Å². The number of methoxy groups -OCH3 is 1. The van der Waals surface area contributed by atoms with Gasteiger partial charge in [-0.05, 0) is 88.1 Å². The van der Waals surface area contributed by atoms with Crippen molar-refractivity contribution >= 4 is 5.91 Å². The predicted molar refractivity (Wildman–Crippen MR) is 95.0 cm³/mol. The minimum atomic E-state index is -0.173. The van der Waals surface area contributed by atoms with Gasteiger partial charge in [-0.15, -0.1) is 0 Å². The second-order valence-corrected chi connectivity index (χ2v) is 8.01. The molecule has 23 heavy (non-hydrogen) atoms. The summed E-state index contributed by atoms with van der Waals surface area (Å²) in [6.45, 7) is 12.5. The molecule has 1 aliphatic rings. The number of hydrogen-bond donors (Lipinski definition) is 1. The number of carbonyl (C=O) groups is 1. The largest absolute Gasteiger partial charge is 0.496 e. The lowest BCUT2D eigenvalue weighted by Gasteiger charge is -2.33. The Hall–Kier alpha value is -1.51. The van der Waals surface area contributed by atoms with Crippen molar-refractivity contribution in [2.24, 2.45) is 11.8 Å². The van der Waals surface area contributed by atoms with Gasteiger partial charge in [0.2, 0.25) is 5.91 Å². The number of benzene rings is 1. The summed E-state index contributed by atoms with van der Waals surface area (Å²) in [7, 11) is 1.73. The fourth-order valence-electron chi connectivity index (χ4n) is 3.66. The summed E-state index contributed by atoms with van der Waals surface area (Å²) in [5, 5.41) is 3.13. The van der Waals surface area contributed by atoms with Crippen molar-refractivity contribution in [3.63, 3.8) is 0 Å². The fourth-order valence-corrected chi connectivity index (χ4v) is 3.66. The van der Waals surface area contributed by atoms with Crippen molar-refractivity contribution in [1.82, 2.24) is 5.32 Å². The first-order chi connectivity index (χ1) is 10.6. The van der Waals surface area contributed by atoms with E-state index in [1.165, 1.54) is 22.3 Å². The predicted octanol–water partition coefficient (Wildman–Crippen LogP) is 3.97. The molecule has 1 aliphatic carbocycles. The van der Waals surface area contributed by atoms with E-state index in [1.807, 2.05) is 20.8 Å². The van der Waals surface area contributed by atoms with Gasteiger partial charge >= 0.3 is 0 Å². The van der Waals surface area contributed by atoms with Crippen LogP contribution < -0.4 is 10.1 Å². The average Bonchev–Trinajstić information content (AvgIpc) is 2.47. The number of fused-ring (bicyclic) bond motifs is 1. The highest BCUT2D eigenvalue weighted by Gasteiger charge is 2.31. The van der Waals surface area contributed by atoms with Crippen LogP contribution >= 0.6 is 0 Å². The van der Waals surface area contributed by atoms with Gasteiger partial charge in [-0.2, -0.15) is 0 Å². The van der Waals surface area contributed by atoms with Crippen LogP contribution in [0.1, 0.15) is 56.4 Å². The fraction of sp³-hybridized carbons (Fsp3) is 0.650. The van der Waals surface area contributed by atoms with E-state index in [0.717, 1.165) is 25.0 Å². The van der Waals surface area contributed by atoms with Crippen LogP contribution in [0.25, 0.3) is 0 Å². The van der Waals surface area contributed by atoms with E-state index < -0.39 is 0 Å². The molecule has 1 amide bonds. The molecule has 128 valence electrons. The van der Waals surface area contributed by atoms with Gasteiger partial charge in [0.15, 0.2) is 0 Å². The standard InChI is InChI=1S/C20H31NO2/c1-12-10-18(23-7)14(3)17-11-15(8-9-16(12)17)13(2)19(22)21-20(4,5)6/h10,13,15H,8-9,11H2,1-7H3,(H,21,22)/t13?,15-/m1/s1. The highest BCUT2D eigenvalue weighted by molar-refractivity contribution is 5.79. The first-order valence-corrected chi connectivity index (χ1v) is 8.62. The van der Waals surface area contributed by atoms with E-state index in [4.69, 9.17) is 4.74 Å². The third kappa shape index (κ3) is 3.88. The maximum atomic E-state index is 12.5. The first-order valence-electron chi connectivity index (χ1n) is 8.62. The average molecular weight is 317 g/mol. The van der Waals surface area contributed by atoms with Crippen molar-refractivity contribution in [3.8, 4) is 5.75 Å². The number of nitrogens with one attached hydrogen (secondary N) is 1. The molecule has 0 heterocycles. The quantitative estimate of drug-likeness (QED) is 0.916. The Morgan fingerprint density at radius 1 is 1.30 bits per heavy atom. The van der Waals surface area contributed by atoms with Crippen LogP contribution in [-0.4, -0.2) is 18.6 Å². The minimum Gasteiger partial charge on any atom is -0.496 e. The van der Waals surface area contributed by atoms with Crippen molar-refractivity contribution in [2.45, 2.75) is 66.3 Å². The zero-order chi connectivity index (χ0) is 17.4. The number of hydrogen-bond acceptors (Lipinski definition) is 2. The van der Waals surface area contributed by atoms with E-state index in [0.29, 0.717) is 5.92 Å². The van der Waals surface area contributed by atoms with Crippen LogP contribution in [0.2, 0.25) is 0 Å². The normalized spacial score (nSPS) is 19.0. The number of carbonyl (C=O) groups excluding carboxylic acids is 1. The number of amides is 1. The third-order valence-electron chi connectivity index (χ3n) is 5.08. The van der Waals surface area contributed by atoms with Gasteiger partial charge in [-0.25, -0.2) is 0 Å². The van der Waals surface area contributed by atoms with E-state index in [9.17, 15) is 4.79 Å². The van der Waals surface area contributed by atoms with Gasteiger partial charge in [0.25, 0.3) is 0 Å². The molecular weight excluding hydrogens is 286 g/mol. The molecule has 3 nitrogen and oxygen atoms in total. The van der Waals surface area contributed by atoms with Crippen LogP contribution in [0.15, 0.2) is 6.07 Å². The summed E-state index contributed by atoms with van der Waals surface area (Å²) in [4.78, 5) is 12.5. The Labute approximate surface area is 140 Å². The molecule has 0 saturated heterocycles. The van der Waals surface area contributed by atoms with Gasteiger partial charge in [0, 0.05) is 11.5 Å². The Morgan fingerprint density at radius 2 is 1.96 bits per heavy atom. The first kappa shape index (κ1) is 17.8. The van der Waals surface area contributed by atoms with Crippen molar-refractivity contribution in [2.75, 3.05) is 7.11 Å². The van der Waals surface area contributed by atoms with Crippen LogP contribution in [0, 0.1) is 25.7 Å². The van der Waals surface area contributed by atoms with E-state index >= 15 is 0 Å². The summed E-state index contributed by atoms with van der Waals surface area (Å²) in [6.07, 6.45) is 3.11. The van der Waals surface area contributed by atoms with Crippen LogP contribution in [0.5, 0.6) is 5.75 Å². The van der Waals surface area contributed by atoms with Gasteiger partial charge in [0.1, 0.15) is 5.75 Å². The second kappa shape index (κ2) is 6.54. The molecule has 1 aromatic rings. The Kier molecular flexibility index (Phi) is 5.07. The zero-order valence-corrected chi connectivity index (χ0v) is 15.7. The second-order valence-electron chi connectivity index (χ2n) is 8.01. The van der Waals surface area contributed by atoms with E-state index in [1.54, 1.807) is 7.11 Å². The molecule has 0 fully saturated rings. The maximum absolute atomic E-state index is 12.5. The molecule has 2 rings (SSSR count). The van der Waals surface area contributed by atoms with Crippen LogP contribution in [0.3, 0.4) is 0 Å². The number of aryl methyl sites for hydroxylation is 1. The molecule has 1 N–H and O–H groups in total. The monoisotopic (exact) mass is 317 g/mol. The molecule has 2 atom stereocenters. The lowest BCUT2D eigenvalue weighted by atomic mass is 9.74. The highest BCUT2D eigenvalue weighted by atomic mass is 16.5. The molecule has 0 aromatic heterocycles. The zero-order valence-electron chi connectivity index (χ0n) is 15.7. The maximum Gasteiger partial charge on any atom is 0.223 e. The smallest absolute Gasteiger partial charge is 0.223 e. The number of ether oxygens (including phenoxy) is 1. The number of rotatable bonds is 3. The molecule has 0 radical (unpaired) electrons. The Bertz CT molecular complexity index is 599. The Balaban J connectivity index is 2.23. The summed E-state index contributed by atoms with van der Waals surface area (Å²) in [6, 6.07) is 2.14. The lowest BCUT2D eigenvalue weighted by Crippen LogP contribution is -2.45. The molecule has 1 aromatic carbocycles. The summed E-state index contributed by atoms with van der Waals surface area (Å²) < 4.78 is 5.52. The van der Waals surface area contributed by atoms with Gasteiger partial charge < -0.3 is 10.1 Å². The molecule has 1 unspecified atom stereocenters. The van der Waals surface area contributed by atoms with Gasteiger partial charge in [-0.1, -0.05) is 6.92 Å². The Morgan fingerprint density at radius 3 is 2.52 bits per heavy atom. The lowest BCUT2D eigenvalue weighted by molar-refractivity contribution is -0.127. The molecule has 0 spiro atoms. The SMILES string of the molecule is COc1cc(C)c2c(c1C)C[C@H](C(C)C(=O)NC(C)(C)C)CC2. The topological polar surface area (TPSA) is 38.3 Å². The van der Waals surface area contributed by atoms with E-state index in [-0.39, 0.29) is 17.4 Å². The van der Waals surface area contributed by atoms with Crippen molar-refractivity contribution in [1.29, 1.82) is 0 Å². The van der Waals surface area contributed by atoms with E-state index in [2.05, 4.69) is 32.2 Å². The van der Waals surface area contributed by atoms with Gasteiger partial charge in [-0.3, -0.25) is 4.79 Å². The summed E-state index contributed by atoms with van der Waals surface area (Å²) >= 11 is 0. The molecule has 0 saturated carbocycles. The van der Waals surface area contributed by atoms with Gasteiger partial charge in [0.05, 0.1) is 7.11 Å². The summed E-state index contributed by atoms with van der Waals surface area (Å²) in [5.74, 6) is 1.57. The minimum absolute atomic E-state index is 0.0354. The highest BCUT2D eigenvalue weighted by Crippen LogP contribution is 2.37. The molecular formula is C20H31NO2. The summed E-state index contributed by atoms with van der Waals surface area (Å²) in [5.41, 5.74) is 5.23. The molecule has 0 bridgehead atoms. The molecule has 3 heteroatoms. The third-order valence-corrected chi connectivity index (χ3v) is 5.08. The van der Waals surface area contributed by atoms with Crippen molar-refractivity contribution < 1.29 is 9.53 Å². The van der Waals surface area contributed by atoms with Crippen LogP contribution in [0.4, 0.5) is 0 Å².